The summed E-state index contributed by atoms with van der Waals surface area (Å²) in [6, 6.07) is 9.53. The van der Waals surface area contributed by atoms with Crippen LogP contribution in [0.1, 0.15) is 10.4 Å². The van der Waals surface area contributed by atoms with Crippen LogP contribution < -0.4 is 5.32 Å². The Bertz CT molecular complexity index is 365. The average molecular weight is 234 g/mol. The minimum atomic E-state index is 0.0918. The first-order valence-corrected chi connectivity index (χ1v) is 5.91. The molecule has 2 rings (SSSR count). The quantitative estimate of drug-likeness (QED) is 0.839. The van der Waals surface area contributed by atoms with Gasteiger partial charge in [0.1, 0.15) is 0 Å². The normalized spacial score (nSPS) is 20.3. The third kappa shape index (κ3) is 2.84. The van der Waals surface area contributed by atoms with Crippen molar-refractivity contribution in [2.45, 2.75) is 6.04 Å². The van der Waals surface area contributed by atoms with Crippen LogP contribution in [0.3, 0.4) is 0 Å². The smallest absolute Gasteiger partial charge is 0.254 e. The van der Waals surface area contributed by atoms with Gasteiger partial charge in [-0.05, 0) is 19.2 Å². The van der Waals surface area contributed by atoms with Crippen LogP contribution in [-0.2, 0) is 4.74 Å². The zero-order chi connectivity index (χ0) is 12.1. The fourth-order valence-corrected chi connectivity index (χ4v) is 2.07. The zero-order valence-corrected chi connectivity index (χ0v) is 10.1. The fraction of sp³-hybridized carbons (Fsp3) is 0.462. The van der Waals surface area contributed by atoms with Crippen LogP contribution in [-0.4, -0.2) is 50.2 Å². The van der Waals surface area contributed by atoms with Crippen molar-refractivity contribution < 1.29 is 9.53 Å². The van der Waals surface area contributed by atoms with Crippen molar-refractivity contribution in [2.75, 3.05) is 33.4 Å². The van der Waals surface area contributed by atoms with E-state index in [4.69, 9.17) is 4.74 Å². The van der Waals surface area contributed by atoms with Gasteiger partial charge >= 0.3 is 0 Å². The first-order valence-electron chi connectivity index (χ1n) is 5.91. The summed E-state index contributed by atoms with van der Waals surface area (Å²) in [5.74, 6) is 0.0918. The Balaban J connectivity index is 2.11. The number of ether oxygens (including phenoxy) is 1. The van der Waals surface area contributed by atoms with Crippen molar-refractivity contribution in [2.24, 2.45) is 0 Å². The lowest BCUT2D eigenvalue weighted by atomic mass is 10.1. The number of hydrogen-bond donors (Lipinski definition) is 1. The van der Waals surface area contributed by atoms with Gasteiger partial charge in [-0.3, -0.25) is 4.79 Å². The molecule has 1 N–H and O–H groups in total. The van der Waals surface area contributed by atoms with Crippen molar-refractivity contribution in [3.8, 4) is 0 Å². The van der Waals surface area contributed by atoms with E-state index in [0.29, 0.717) is 19.8 Å². The van der Waals surface area contributed by atoms with E-state index in [1.807, 2.05) is 42.3 Å². The van der Waals surface area contributed by atoms with Gasteiger partial charge < -0.3 is 15.0 Å². The highest BCUT2D eigenvalue weighted by Crippen LogP contribution is 2.12. The molecule has 1 heterocycles. The number of carbonyl (C=O) groups excluding carboxylic acids is 1. The Hall–Kier alpha value is -1.39. The van der Waals surface area contributed by atoms with Crippen molar-refractivity contribution in [1.29, 1.82) is 0 Å². The molecule has 92 valence electrons. The number of likely N-dealkylation sites (N-methyl/N-ethyl adjacent to an activating group) is 1. The maximum Gasteiger partial charge on any atom is 0.254 e. The van der Waals surface area contributed by atoms with Crippen molar-refractivity contribution >= 4 is 5.91 Å². The first kappa shape index (κ1) is 12.1. The molecule has 1 aromatic rings. The molecule has 1 aliphatic heterocycles. The van der Waals surface area contributed by atoms with Crippen LogP contribution >= 0.6 is 0 Å². The fourth-order valence-electron chi connectivity index (χ4n) is 2.07. The molecular formula is C13H18N2O2. The number of rotatable bonds is 3. The van der Waals surface area contributed by atoms with E-state index >= 15 is 0 Å². The van der Waals surface area contributed by atoms with E-state index in [1.165, 1.54) is 0 Å². The number of morpholine rings is 1. The molecule has 0 spiro atoms. The topological polar surface area (TPSA) is 41.6 Å². The van der Waals surface area contributed by atoms with Crippen molar-refractivity contribution in [3.05, 3.63) is 35.9 Å². The van der Waals surface area contributed by atoms with Crippen LogP contribution in [0.2, 0.25) is 0 Å². The highest BCUT2D eigenvalue weighted by atomic mass is 16.5. The predicted octanol–water partition coefficient (Wildman–Crippen LogP) is 0.747. The third-order valence-corrected chi connectivity index (χ3v) is 2.95. The second-order valence-electron chi connectivity index (χ2n) is 4.15. The number of nitrogens with one attached hydrogen (secondary N) is 1. The first-order chi connectivity index (χ1) is 8.33. The Labute approximate surface area is 102 Å². The third-order valence-electron chi connectivity index (χ3n) is 2.95. The van der Waals surface area contributed by atoms with Gasteiger partial charge in [-0.15, -0.1) is 0 Å². The molecule has 17 heavy (non-hydrogen) atoms. The van der Waals surface area contributed by atoms with Gasteiger partial charge in [-0.2, -0.15) is 0 Å². The number of carbonyl (C=O) groups is 1. The van der Waals surface area contributed by atoms with Gasteiger partial charge in [0.2, 0.25) is 0 Å². The van der Waals surface area contributed by atoms with E-state index in [0.717, 1.165) is 12.1 Å². The minimum absolute atomic E-state index is 0.0918. The van der Waals surface area contributed by atoms with Gasteiger partial charge in [0, 0.05) is 18.7 Å². The largest absolute Gasteiger partial charge is 0.377 e. The highest BCUT2D eigenvalue weighted by Gasteiger charge is 2.27. The van der Waals surface area contributed by atoms with E-state index < -0.39 is 0 Å². The lowest BCUT2D eigenvalue weighted by Gasteiger charge is -2.35. The van der Waals surface area contributed by atoms with Gasteiger partial charge in [-0.1, -0.05) is 18.2 Å². The van der Waals surface area contributed by atoms with Crippen LogP contribution in [0, 0.1) is 0 Å². The number of hydrogen-bond acceptors (Lipinski definition) is 3. The Morgan fingerprint density at radius 2 is 2.24 bits per heavy atom. The monoisotopic (exact) mass is 234 g/mol. The molecule has 0 aliphatic carbocycles. The SMILES string of the molecule is CNCC1COCCN1C(=O)c1ccccc1. The van der Waals surface area contributed by atoms with Crippen LogP contribution in [0.25, 0.3) is 0 Å². The Morgan fingerprint density at radius 3 is 2.94 bits per heavy atom. The van der Waals surface area contributed by atoms with E-state index in [1.54, 1.807) is 0 Å². The van der Waals surface area contributed by atoms with E-state index in [-0.39, 0.29) is 11.9 Å². The molecule has 1 aliphatic rings. The molecule has 0 saturated carbocycles. The standard InChI is InChI=1S/C13H18N2O2/c1-14-9-12-10-17-8-7-15(12)13(16)11-5-3-2-4-6-11/h2-6,12,14H,7-10H2,1H3. The highest BCUT2D eigenvalue weighted by molar-refractivity contribution is 5.94. The van der Waals surface area contributed by atoms with Crippen molar-refractivity contribution in [3.63, 3.8) is 0 Å². The van der Waals surface area contributed by atoms with Crippen molar-refractivity contribution in [1.82, 2.24) is 10.2 Å². The van der Waals surface area contributed by atoms with Crippen LogP contribution in [0.5, 0.6) is 0 Å². The maximum atomic E-state index is 12.3. The summed E-state index contributed by atoms with van der Waals surface area (Å²) in [7, 11) is 1.89. The molecule has 1 fully saturated rings. The summed E-state index contributed by atoms with van der Waals surface area (Å²) in [6.07, 6.45) is 0. The van der Waals surface area contributed by atoms with Crippen LogP contribution in [0.4, 0.5) is 0 Å². The molecule has 1 aromatic carbocycles. The zero-order valence-electron chi connectivity index (χ0n) is 10.1. The lowest BCUT2D eigenvalue weighted by molar-refractivity contribution is -0.000974. The molecule has 0 aromatic heterocycles. The summed E-state index contributed by atoms with van der Waals surface area (Å²) in [5, 5.41) is 3.10. The van der Waals surface area contributed by atoms with Gasteiger partial charge in [0.25, 0.3) is 5.91 Å². The number of benzene rings is 1. The summed E-state index contributed by atoms with van der Waals surface area (Å²) in [4.78, 5) is 14.2. The molecule has 1 saturated heterocycles. The molecule has 0 bridgehead atoms. The average Bonchev–Trinajstić information content (AvgIpc) is 2.40. The molecule has 1 unspecified atom stereocenters. The molecule has 4 nitrogen and oxygen atoms in total. The molecule has 4 heteroatoms. The van der Waals surface area contributed by atoms with E-state index in [2.05, 4.69) is 5.32 Å². The molecule has 1 atom stereocenters. The Morgan fingerprint density at radius 1 is 1.47 bits per heavy atom. The second kappa shape index (κ2) is 5.80. The molecular weight excluding hydrogens is 216 g/mol. The predicted molar refractivity (Wildman–Crippen MR) is 66.0 cm³/mol. The lowest BCUT2D eigenvalue weighted by Crippen LogP contribution is -2.52. The maximum absolute atomic E-state index is 12.3. The summed E-state index contributed by atoms with van der Waals surface area (Å²) < 4.78 is 5.42. The van der Waals surface area contributed by atoms with Crippen LogP contribution in [0.15, 0.2) is 30.3 Å². The van der Waals surface area contributed by atoms with Gasteiger partial charge in [0.15, 0.2) is 0 Å². The summed E-state index contributed by atoms with van der Waals surface area (Å²) in [5.41, 5.74) is 0.746. The second-order valence-corrected chi connectivity index (χ2v) is 4.15. The summed E-state index contributed by atoms with van der Waals surface area (Å²) in [6.45, 7) is 2.66. The molecule has 0 radical (unpaired) electrons. The van der Waals surface area contributed by atoms with E-state index in [9.17, 15) is 4.79 Å². The summed E-state index contributed by atoms with van der Waals surface area (Å²) >= 11 is 0. The Kier molecular flexibility index (Phi) is 4.12. The number of amides is 1. The number of nitrogens with zero attached hydrogens (tertiary/aromatic N) is 1. The van der Waals surface area contributed by atoms with Gasteiger partial charge in [-0.25, -0.2) is 0 Å². The molecule has 1 amide bonds. The van der Waals surface area contributed by atoms with Gasteiger partial charge in [0.05, 0.1) is 19.3 Å². The minimum Gasteiger partial charge on any atom is -0.377 e.